The Bertz CT molecular complexity index is 231. The van der Waals surface area contributed by atoms with E-state index in [0.29, 0.717) is 17.7 Å². The predicted octanol–water partition coefficient (Wildman–Crippen LogP) is 1.88. The molecule has 11 heavy (non-hydrogen) atoms. The molecule has 1 aromatic heterocycles. The van der Waals surface area contributed by atoms with Crippen molar-refractivity contribution in [3.05, 3.63) is 5.69 Å². The molecule has 0 saturated heterocycles. The summed E-state index contributed by atoms with van der Waals surface area (Å²) in [7, 11) is 0. The smallest absolute Gasteiger partial charge is 0.160 e. The van der Waals surface area contributed by atoms with Crippen LogP contribution in [0.25, 0.3) is 0 Å². The lowest BCUT2D eigenvalue weighted by molar-refractivity contribution is 0.528. The Morgan fingerprint density at radius 3 is 2.27 bits per heavy atom. The molecule has 0 spiro atoms. The van der Waals surface area contributed by atoms with Gasteiger partial charge >= 0.3 is 0 Å². The van der Waals surface area contributed by atoms with Gasteiger partial charge in [-0.2, -0.15) is 8.75 Å². The molecule has 2 N–H and O–H groups in total. The maximum atomic E-state index is 5.62. The molecule has 1 heterocycles. The van der Waals surface area contributed by atoms with Crippen LogP contribution < -0.4 is 5.73 Å². The second kappa shape index (κ2) is 3.17. The normalized spacial score (nSPS) is 13.8. The minimum atomic E-state index is 0.411. The van der Waals surface area contributed by atoms with Crippen LogP contribution in [-0.4, -0.2) is 8.75 Å². The van der Waals surface area contributed by atoms with E-state index in [1.807, 2.05) is 0 Å². The standard InChI is InChI=1S/C7H13N3S/c1-4(2)5(3)6-7(8)10-11-9-6/h4-5H,1-3H3,(H2,8,10). The van der Waals surface area contributed by atoms with Gasteiger partial charge in [0.1, 0.15) is 5.69 Å². The van der Waals surface area contributed by atoms with Crippen molar-refractivity contribution in [2.75, 3.05) is 5.73 Å². The summed E-state index contributed by atoms with van der Waals surface area (Å²) in [4.78, 5) is 0. The third-order valence-electron chi connectivity index (χ3n) is 1.97. The van der Waals surface area contributed by atoms with Gasteiger partial charge < -0.3 is 5.73 Å². The van der Waals surface area contributed by atoms with E-state index in [-0.39, 0.29) is 0 Å². The molecule has 0 saturated carbocycles. The van der Waals surface area contributed by atoms with Crippen LogP contribution in [-0.2, 0) is 0 Å². The number of nitrogens with two attached hydrogens (primary N) is 1. The van der Waals surface area contributed by atoms with Gasteiger partial charge in [-0.05, 0) is 5.92 Å². The highest BCUT2D eigenvalue weighted by atomic mass is 32.1. The van der Waals surface area contributed by atoms with Crippen molar-refractivity contribution in [1.82, 2.24) is 8.75 Å². The van der Waals surface area contributed by atoms with Crippen LogP contribution in [0.1, 0.15) is 32.4 Å². The Labute approximate surface area is 71.0 Å². The van der Waals surface area contributed by atoms with Crippen molar-refractivity contribution in [3.8, 4) is 0 Å². The molecule has 0 radical (unpaired) electrons. The first-order chi connectivity index (χ1) is 5.13. The molecule has 0 fully saturated rings. The SMILES string of the molecule is CC(C)C(C)c1nsnc1N. The van der Waals surface area contributed by atoms with Gasteiger partial charge in [-0.15, -0.1) is 0 Å². The lowest BCUT2D eigenvalue weighted by Gasteiger charge is -2.11. The Balaban J connectivity index is 2.84. The molecule has 1 atom stereocenters. The minimum Gasteiger partial charge on any atom is -0.381 e. The number of hydrogen-bond acceptors (Lipinski definition) is 4. The fourth-order valence-corrected chi connectivity index (χ4v) is 1.40. The highest BCUT2D eigenvalue weighted by molar-refractivity contribution is 6.99. The van der Waals surface area contributed by atoms with Gasteiger partial charge in [-0.3, -0.25) is 0 Å². The second-order valence-electron chi connectivity index (χ2n) is 3.07. The summed E-state index contributed by atoms with van der Waals surface area (Å²) in [5, 5.41) is 0. The van der Waals surface area contributed by atoms with Crippen LogP contribution in [0.4, 0.5) is 5.82 Å². The van der Waals surface area contributed by atoms with E-state index in [9.17, 15) is 0 Å². The van der Waals surface area contributed by atoms with Gasteiger partial charge in [0.15, 0.2) is 5.82 Å². The van der Waals surface area contributed by atoms with Crippen LogP contribution in [0, 0.1) is 5.92 Å². The van der Waals surface area contributed by atoms with Crippen molar-refractivity contribution in [1.29, 1.82) is 0 Å². The topological polar surface area (TPSA) is 51.8 Å². The summed E-state index contributed by atoms with van der Waals surface area (Å²) < 4.78 is 8.07. The average Bonchev–Trinajstić information content (AvgIpc) is 2.33. The Kier molecular flexibility index (Phi) is 2.44. The molecular weight excluding hydrogens is 158 g/mol. The maximum Gasteiger partial charge on any atom is 0.160 e. The van der Waals surface area contributed by atoms with Crippen LogP contribution in [0.5, 0.6) is 0 Å². The van der Waals surface area contributed by atoms with E-state index in [1.165, 1.54) is 11.7 Å². The first-order valence-electron chi connectivity index (χ1n) is 3.71. The van der Waals surface area contributed by atoms with Crippen molar-refractivity contribution in [3.63, 3.8) is 0 Å². The van der Waals surface area contributed by atoms with Crippen molar-refractivity contribution < 1.29 is 0 Å². The predicted molar refractivity (Wildman–Crippen MR) is 47.6 cm³/mol. The largest absolute Gasteiger partial charge is 0.381 e. The summed E-state index contributed by atoms with van der Waals surface area (Å²) in [5.41, 5.74) is 6.57. The number of nitrogen functional groups attached to an aromatic ring is 1. The number of rotatable bonds is 2. The fraction of sp³-hybridized carbons (Fsp3) is 0.714. The lowest BCUT2D eigenvalue weighted by atomic mass is 9.95. The summed E-state index contributed by atoms with van der Waals surface area (Å²) >= 11 is 1.19. The van der Waals surface area contributed by atoms with E-state index in [0.717, 1.165) is 5.69 Å². The zero-order valence-corrected chi connectivity index (χ0v) is 7.85. The van der Waals surface area contributed by atoms with E-state index in [4.69, 9.17) is 5.73 Å². The van der Waals surface area contributed by atoms with E-state index in [1.54, 1.807) is 0 Å². The van der Waals surface area contributed by atoms with E-state index in [2.05, 4.69) is 29.5 Å². The monoisotopic (exact) mass is 171 g/mol. The number of nitrogens with zero attached hydrogens (tertiary/aromatic N) is 2. The van der Waals surface area contributed by atoms with Gasteiger partial charge in [-0.1, -0.05) is 20.8 Å². The summed E-state index contributed by atoms with van der Waals surface area (Å²) in [6, 6.07) is 0. The van der Waals surface area contributed by atoms with Crippen LogP contribution in [0.15, 0.2) is 0 Å². The Morgan fingerprint density at radius 2 is 1.91 bits per heavy atom. The Hall–Kier alpha value is -0.640. The van der Waals surface area contributed by atoms with Crippen molar-refractivity contribution >= 4 is 17.5 Å². The van der Waals surface area contributed by atoms with Crippen LogP contribution in [0.2, 0.25) is 0 Å². The lowest BCUT2D eigenvalue weighted by Crippen LogP contribution is -2.05. The molecular formula is C7H13N3S. The van der Waals surface area contributed by atoms with E-state index >= 15 is 0 Å². The molecule has 0 amide bonds. The first-order valence-corrected chi connectivity index (χ1v) is 4.44. The van der Waals surface area contributed by atoms with Crippen molar-refractivity contribution in [2.24, 2.45) is 5.92 Å². The highest BCUT2D eigenvalue weighted by Gasteiger charge is 2.15. The molecule has 0 aliphatic carbocycles. The quantitative estimate of drug-likeness (QED) is 0.739. The fourth-order valence-electron chi connectivity index (χ4n) is 0.834. The Morgan fingerprint density at radius 1 is 1.27 bits per heavy atom. The number of hydrogen-bond donors (Lipinski definition) is 1. The van der Waals surface area contributed by atoms with Crippen LogP contribution >= 0.6 is 11.7 Å². The van der Waals surface area contributed by atoms with Gasteiger partial charge in [0, 0.05) is 5.92 Å². The number of aromatic nitrogens is 2. The molecule has 0 aliphatic rings. The molecule has 0 aromatic carbocycles. The molecule has 3 nitrogen and oxygen atoms in total. The van der Waals surface area contributed by atoms with Crippen LogP contribution in [0.3, 0.4) is 0 Å². The zero-order valence-electron chi connectivity index (χ0n) is 7.03. The molecule has 4 heteroatoms. The van der Waals surface area contributed by atoms with Gasteiger partial charge in [0.05, 0.1) is 11.7 Å². The van der Waals surface area contributed by atoms with Crippen molar-refractivity contribution in [2.45, 2.75) is 26.7 Å². The average molecular weight is 171 g/mol. The van der Waals surface area contributed by atoms with E-state index < -0.39 is 0 Å². The molecule has 62 valence electrons. The number of anilines is 1. The molecule has 0 bridgehead atoms. The van der Waals surface area contributed by atoms with Gasteiger partial charge in [0.2, 0.25) is 0 Å². The molecule has 1 unspecified atom stereocenters. The first kappa shape index (κ1) is 8.46. The highest BCUT2D eigenvalue weighted by Crippen LogP contribution is 2.25. The zero-order chi connectivity index (χ0) is 8.43. The summed E-state index contributed by atoms with van der Waals surface area (Å²) in [5.74, 6) is 1.58. The minimum absolute atomic E-state index is 0.411. The van der Waals surface area contributed by atoms with Gasteiger partial charge in [0.25, 0.3) is 0 Å². The third kappa shape index (κ3) is 1.68. The maximum absolute atomic E-state index is 5.62. The molecule has 0 aliphatic heterocycles. The third-order valence-corrected chi connectivity index (χ3v) is 2.53. The summed E-state index contributed by atoms with van der Waals surface area (Å²) in [6.45, 7) is 6.44. The summed E-state index contributed by atoms with van der Waals surface area (Å²) in [6.07, 6.45) is 0. The molecule has 1 rings (SSSR count). The second-order valence-corrected chi connectivity index (χ2v) is 3.60. The molecule has 1 aromatic rings. The van der Waals surface area contributed by atoms with Gasteiger partial charge in [-0.25, -0.2) is 0 Å².